The van der Waals surface area contributed by atoms with Gasteiger partial charge in [0.05, 0.1) is 0 Å². The Morgan fingerprint density at radius 3 is 3.05 bits per heavy atom. The number of piperidine rings is 1. The SMILES string of the molecule is CC1CCCCN1CCCn1c(N)nc2cc(Br)cnc21. The minimum atomic E-state index is 0.558. The molecule has 5 nitrogen and oxygen atoms in total. The molecule has 1 fully saturated rings. The molecule has 0 aromatic carbocycles. The predicted molar refractivity (Wildman–Crippen MR) is 89.1 cm³/mol. The second kappa shape index (κ2) is 6.32. The highest BCUT2D eigenvalue weighted by atomic mass is 79.9. The minimum Gasteiger partial charge on any atom is -0.369 e. The Labute approximate surface area is 133 Å². The standard InChI is InChI=1S/C15H22BrN5/c1-11-5-2-3-6-20(11)7-4-8-21-14-13(19-15(21)17)9-12(16)10-18-14/h9-11H,2-8H2,1H3,(H2,17,19). The molecule has 0 saturated carbocycles. The normalized spacial score (nSPS) is 20.2. The molecule has 1 aliphatic heterocycles. The number of rotatable bonds is 4. The van der Waals surface area contributed by atoms with Gasteiger partial charge >= 0.3 is 0 Å². The maximum atomic E-state index is 6.03. The van der Waals surface area contributed by atoms with Crippen LogP contribution in [0.1, 0.15) is 32.6 Å². The van der Waals surface area contributed by atoms with E-state index in [0.717, 1.165) is 35.1 Å². The maximum Gasteiger partial charge on any atom is 0.202 e. The largest absolute Gasteiger partial charge is 0.369 e. The quantitative estimate of drug-likeness (QED) is 0.919. The summed E-state index contributed by atoms with van der Waals surface area (Å²) >= 11 is 3.42. The lowest BCUT2D eigenvalue weighted by atomic mass is 10.0. The molecule has 0 spiro atoms. The van der Waals surface area contributed by atoms with Crippen LogP contribution in [0.3, 0.4) is 0 Å². The van der Waals surface area contributed by atoms with Crippen LogP contribution in [-0.2, 0) is 6.54 Å². The highest BCUT2D eigenvalue weighted by Crippen LogP contribution is 2.21. The molecule has 0 bridgehead atoms. The van der Waals surface area contributed by atoms with Crippen molar-refractivity contribution in [3.8, 4) is 0 Å². The number of fused-ring (bicyclic) bond motifs is 1. The van der Waals surface area contributed by atoms with Crippen LogP contribution in [0.25, 0.3) is 11.2 Å². The van der Waals surface area contributed by atoms with Crippen molar-refractivity contribution in [3.63, 3.8) is 0 Å². The van der Waals surface area contributed by atoms with Gasteiger partial charge in [-0.05, 0) is 54.7 Å². The fourth-order valence-electron chi connectivity index (χ4n) is 3.15. The molecule has 2 aromatic rings. The summed E-state index contributed by atoms with van der Waals surface area (Å²) in [6.45, 7) is 5.56. The van der Waals surface area contributed by atoms with E-state index in [1.54, 1.807) is 6.20 Å². The van der Waals surface area contributed by atoms with Crippen molar-refractivity contribution in [2.24, 2.45) is 0 Å². The number of hydrogen-bond acceptors (Lipinski definition) is 4. The summed E-state index contributed by atoms with van der Waals surface area (Å²) in [5, 5.41) is 0. The Kier molecular flexibility index (Phi) is 4.45. The zero-order valence-corrected chi connectivity index (χ0v) is 14.0. The van der Waals surface area contributed by atoms with Crippen molar-refractivity contribution in [1.29, 1.82) is 0 Å². The molecular weight excluding hydrogens is 330 g/mol. The molecule has 6 heteroatoms. The Morgan fingerprint density at radius 1 is 1.38 bits per heavy atom. The van der Waals surface area contributed by atoms with Crippen molar-refractivity contribution in [2.45, 2.75) is 45.2 Å². The highest BCUT2D eigenvalue weighted by molar-refractivity contribution is 9.10. The molecule has 21 heavy (non-hydrogen) atoms. The van der Waals surface area contributed by atoms with Gasteiger partial charge in [0.2, 0.25) is 5.95 Å². The monoisotopic (exact) mass is 351 g/mol. The molecule has 0 amide bonds. The van der Waals surface area contributed by atoms with E-state index in [0.29, 0.717) is 12.0 Å². The Hall–Kier alpha value is -1.14. The number of nitrogen functional groups attached to an aromatic ring is 1. The first-order chi connectivity index (χ1) is 10.1. The maximum absolute atomic E-state index is 6.03. The molecule has 0 radical (unpaired) electrons. The van der Waals surface area contributed by atoms with Crippen LogP contribution in [0.4, 0.5) is 5.95 Å². The molecule has 1 atom stereocenters. The van der Waals surface area contributed by atoms with Crippen molar-refractivity contribution in [2.75, 3.05) is 18.8 Å². The lowest BCUT2D eigenvalue weighted by molar-refractivity contribution is 0.157. The average molecular weight is 352 g/mol. The van der Waals surface area contributed by atoms with Crippen LogP contribution in [0.2, 0.25) is 0 Å². The van der Waals surface area contributed by atoms with Crippen LogP contribution in [0.5, 0.6) is 0 Å². The van der Waals surface area contributed by atoms with Gasteiger partial charge < -0.3 is 10.6 Å². The van der Waals surface area contributed by atoms with Gasteiger partial charge in [-0.1, -0.05) is 6.42 Å². The van der Waals surface area contributed by atoms with Crippen LogP contribution >= 0.6 is 15.9 Å². The summed E-state index contributed by atoms with van der Waals surface area (Å²) in [6.07, 6.45) is 6.90. The summed E-state index contributed by atoms with van der Waals surface area (Å²) in [4.78, 5) is 11.4. The van der Waals surface area contributed by atoms with E-state index in [-0.39, 0.29) is 0 Å². The predicted octanol–water partition coefficient (Wildman–Crippen LogP) is 3.04. The summed E-state index contributed by atoms with van der Waals surface area (Å²) < 4.78 is 2.96. The molecule has 2 N–H and O–H groups in total. The zero-order chi connectivity index (χ0) is 14.8. The number of nitrogens with two attached hydrogens (primary N) is 1. The van der Waals surface area contributed by atoms with E-state index in [1.807, 2.05) is 10.6 Å². The average Bonchev–Trinajstić information content (AvgIpc) is 2.76. The van der Waals surface area contributed by atoms with Crippen molar-refractivity contribution < 1.29 is 0 Å². The van der Waals surface area contributed by atoms with Gasteiger partial charge in [0.1, 0.15) is 5.52 Å². The zero-order valence-electron chi connectivity index (χ0n) is 12.4. The van der Waals surface area contributed by atoms with Crippen LogP contribution < -0.4 is 5.73 Å². The summed E-state index contributed by atoms with van der Waals surface area (Å²) in [5.74, 6) is 0.558. The number of hydrogen-bond donors (Lipinski definition) is 1. The number of imidazole rings is 1. The third-order valence-corrected chi connectivity index (χ3v) is 4.78. The van der Waals surface area contributed by atoms with Crippen LogP contribution in [-0.4, -0.2) is 38.6 Å². The van der Waals surface area contributed by atoms with Crippen molar-refractivity contribution in [1.82, 2.24) is 19.4 Å². The molecule has 1 saturated heterocycles. The summed E-state index contributed by atoms with van der Waals surface area (Å²) in [7, 11) is 0. The number of halogens is 1. The van der Waals surface area contributed by atoms with Crippen LogP contribution in [0, 0.1) is 0 Å². The van der Waals surface area contributed by atoms with E-state index in [2.05, 4.69) is 37.7 Å². The van der Waals surface area contributed by atoms with E-state index < -0.39 is 0 Å². The first-order valence-corrected chi connectivity index (χ1v) is 8.46. The van der Waals surface area contributed by atoms with Gasteiger partial charge in [-0.3, -0.25) is 4.57 Å². The molecular formula is C15H22BrN5. The lowest BCUT2D eigenvalue weighted by Crippen LogP contribution is -2.38. The molecule has 3 heterocycles. The Bertz CT molecular complexity index is 624. The van der Waals surface area contributed by atoms with Gasteiger partial charge in [0.25, 0.3) is 0 Å². The second-order valence-corrected chi connectivity index (χ2v) is 6.77. The number of nitrogens with zero attached hydrogens (tertiary/aromatic N) is 4. The third kappa shape index (κ3) is 3.21. The third-order valence-electron chi connectivity index (χ3n) is 4.35. The first-order valence-electron chi connectivity index (χ1n) is 7.66. The minimum absolute atomic E-state index is 0.558. The van der Waals surface area contributed by atoms with Gasteiger partial charge in [0, 0.05) is 29.8 Å². The number of likely N-dealkylation sites (tertiary alicyclic amines) is 1. The number of aryl methyl sites for hydroxylation is 1. The van der Waals surface area contributed by atoms with Gasteiger partial charge in [-0.15, -0.1) is 0 Å². The van der Waals surface area contributed by atoms with E-state index in [4.69, 9.17) is 5.73 Å². The fraction of sp³-hybridized carbons (Fsp3) is 0.600. The molecule has 114 valence electrons. The number of aromatic nitrogens is 3. The summed E-state index contributed by atoms with van der Waals surface area (Å²) in [5.41, 5.74) is 7.76. The first kappa shape index (κ1) is 14.8. The highest BCUT2D eigenvalue weighted by Gasteiger charge is 2.17. The van der Waals surface area contributed by atoms with E-state index in [9.17, 15) is 0 Å². The van der Waals surface area contributed by atoms with Gasteiger partial charge in [-0.25, -0.2) is 9.97 Å². The molecule has 1 unspecified atom stereocenters. The van der Waals surface area contributed by atoms with E-state index >= 15 is 0 Å². The second-order valence-electron chi connectivity index (χ2n) is 5.85. The number of pyridine rings is 1. The molecule has 2 aromatic heterocycles. The van der Waals surface area contributed by atoms with Gasteiger partial charge in [0.15, 0.2) is 5.65 Å². The van der Waals surface area contributed by atoms with E-state index in [1.165, 1.54) is 25.8 Å². The Balaban J connectivity index is 1.66. The molecule has 1 aliphatic rings. The molecule has 3 rings (SSSR count). The van der Waals surface area contributed by atoms with Crippen molar-refractivity contribution >= 4 is 33.0 Å². The van der Waals surface area contributed by atoms with Crippen molar-refractivity contribution in [3.05, 3.63) is 16.7 Å². The number of anilines is 1. The van der Waals surface area contributed by atoms with Crippen LogP contribution in [0.15, 0.2) is 16.7 Å². The topological polar surface area (TPSA) is 60.0 Å². The lowest BCUT2D eigenvalue weighted by Gasteiger charge is -2.33. The van der Waals surface area contributed by atoms with Gasteiger partial charge in [-0.2, -0.15) is 0 Å². The smallest absolute Gasteiger partial charge is 0.202 e. The summed E-state index contributed by atoms with van der Waals surface area (Å²) in [6, 6.07) is 2.67. The molecule has 0 aliphatic carbocycles. The fourth-order valence-corrected chi connectivity index (χ4v) is 3.47. The Morgan fingerprint density at radius 2 is 2.24 bits per heavy atom.